The summed E-state index contributed by atoms with van der Waals surface area (Å²) in [5.41, 5.74) is 0.982. The third-order valence-electron chi connectivity index (χ3n) is 3.02. The summed E-state index contributed by atoms with van der Waals surface area (Å²) >= 11 is 1.41. The molecule has 0 atom stereocenters. The van der Waals surface area contributed by atoms with Crippen LogP contribution in [0.25, 0.3) is 0 Å². The highest BCUT2D eigenvalue weighted by Crippen LogP contribution is 2.22. The Kier molecular flexibility index (Phi) is 5.42. The summed E-state index contributed by atoms with van der Waals surface area (Å²) < 4.78 is 6.94. The van der Waals surface area contributed by atoms with Crippen LogP contribution in [-0.2, 0) is 9.53 Å². The standard InChI is InChI=1S/C13H19N5O3S/c1-4-21-11(19)9-5-14-12(20)16-10(9)6-22-13-17-15-7-18(13)8(2)3/h7-8H,4-6H2,1-3H3,(H2,14,16,20). The van der Waals surface area contributed by atoms with Crippen LogP contribution in [0.2, 0.25) is 0 Å². The van der Waals surface area contributed by atoms with E-state index >= 15 is 0 Å². The van der Waals surface area contributed by atoms with Crippen LogP contribution >= 0.6 is 11.8 Å². The van der Waals surface area contributed by atoms with Crippen LogP contribution in [0.1, 0.15) is 26.8 Å². The minimum atomic E-state index is -0.420. The molecule has 1 aliphatic rings. The number of ether oxygens (including phenoxy) is 1. The SMILES string of the molecule is CCOC(=O)C1=C(CSc2nncn2C(C)C)NC(=O)NC1. The molecule has 22 heavy (non-hydrogen) atoms. The number of aromatic nitrogens is 3. The summed E-state index contributed by atoms with van der Waals surface area (Å²) in [7, 11) is 0. The van der Waals surface area contributed by atoms with E-state index in [2.05, 4.69) is 20.8 Å². The van der Waals surface area contributed by atoms with E-state index in [9.17, 15) is 9.59 Å². The molecule has 9 heteroatoms. The Hall–Kier alpha value is -2.03. The molecule has 0 radical (unpaired) electrons. The van der Waals surface area contributed by atoms with Gasteiger partial charge in [0.1, 0.15) is 6.33 Å². The highest BCUT2D eigenvalue weighted by atomic mass is 32.2. The maximum Gasteiger partial charge on any atom is 0.337 e. The lowest BCUT2D eigenvalue weighted by atomic mass is 10.2. The molecule has 2 heterocycles. The number of nitrogens with zero attached hydrogens (tertiary/aromatic N) is 3. The molecule has 1 aliphatic heterocycles. The number of hydrogen-bond acceptors (Lipinski definition) is 6. The zero-order valence-corrected chi connectivity index (χ0v) is 13.6. The van der Waals surface area contributed by atoms with Gasteiger partial charge in [-0.2, -0.15) is 0 Å². The smallest absolute Gasteiger partial charge is 0.337 e. The number of amides is 2. The molecule has 0 unspecified atom stereocenters. The third kappa shape index (κ3) is 3.79. The van der Waals surface area contributed by atoms with Gasteiger partial charge >= 0.3 is 12.0 Å². The Morgan fingerprint density at radius 1 is 1.55 bits per heavy atom. The van der Waals surface area contributed by atoms with Gasteiger partial charge in [-0.05, 0) is 20.8 Å². The van der Waals surface area contributed by atoms with Crippen molar-refractivity contribution < 1.29 is 14.3 Å². The van der Waals surface area contributed by atoms with Crippen LogP contribution in [0, 0.1) is 0 Å². The monoisotopic (exact) mass is 325 g/mol. The predicted molar refractivity (Wildman–Crippen MR) is 81.3 cm³/mol. The Balaban J connectivity index is 2.14. The summed E-state index contributed by atoms with van der Waals surface area (Å²) in [4.78, 5) is 23.4. The lowest BCUT2D eigenvalue weighted by Crippen LogP contribution is -2.44. The molecule has 2 rings (SSSR count). The molecule has 0 bridgehead atoms. The molecular weight excluding hydrogens is 306 g/mol. The maximum absolute atomic E-state index is 11.9. The van der Waals surface area contributed by atoms with E-state index in [1.807, 2.05) is 18.4 Å². The fourth-order valence-corrected chi connectivity index (χ4v) is 2.93. The van der Waals surface area contributed by atoms with Crippen LogP contribution in [0.15, 0.2) is 22.8 Å². The summed E-state index contributed by atoms with van der Waals surface area (Å²) in [5, 5.41) is 13.9. The molecular formula is C13H19N5O3S. The van der Waals surface area contributed by atoms with E-state index < -0.39 is 5.97 Å². The van der Waals surface area contributed by atoms with Crippen molar-refractivity contribution in [1.29, 1.82) is 0 Å². The van der Waals surface area contributed by atoms with Gasteiger partial charge in [0, 0.05) is 17.5 Å². The number of esters is 1. The molecule has 0 fully saturated rings. The highest BCUT2D eigenvalue weighted by molar-refractivity contribution is 7.99. The van der Waals surface area contributed by atoms with Crippen molar-refractivity contribution in [3.05, 3.63) is 17.6 Å². The lowest BCUT2D eigenvalue weighted by Gasteiger charge is -2.21. The van der Waals surface area contributed by atoms with E-state index in [1.165, 1.54) is 11.8 Å². The van der Waals surface area contributed by atoms with E-state index in [0.717, 1.165) is 5.16 Å². The van der Waals surface area contributed by atoms with Crippen molar-refractivity contribution in [3.63, 3.8) is 0 Å². The largest absolute Gasteiger partial charge is 0.463 e. The van der Waals surface area contributed by atoms with Gasteiger partial charge in [0.25, 0.3) is 0 Å². The summed E-state index contributed by atoms with van der Waals surface area (Å²) in [5.74, 6) is -0.0107. The predicted octanol–water partition coefficient (Wildman–Crippen LogP) is 1.08. The second-order valence-corrected chi connectivity index (χ2v) is 5.83. The van der Waals surface area contributed by atoms with Crippen LogP contribution in [-0.4, -0.2) is 45.7 Å². The summed E-state index contributed by atoms with van der Waals surface area (Å²) in [6, 6.07) is -0.0902. The average molecular weight is 325 g/mol. The van der Waals surface area contributed by atoms with Gasteiger partial charge < -0.3 is 19.9 Å². The molecule has 0 aliphatic carbocycles. The third-order valence-corrected chi connectivity index (χ3v) is 4.00. The summed E-state index contributed by atoms with van der Waals surface area (Å²) in [6.45, 7) is 6.26. The number of urea groups is 1. The quantitative estimate of drug-likeness (QED) is 0.600. The van der Waals surface area contributed by atoms with Gasteiger partial charge in [-0.25, -0.2) is 9.59 Å². The summed E-state index contributed by atoms with van der Waals surface area (Å²) in [6.07, 6.45) is 1.66. The van der Waals surface area contributed by atoms with Crippen LogP contribution < -0.4 is 10.6 Å². The van der Waals surface area contributed by atoms with Crippen LogP contribution in [0.3, 0.4) is 0 Å². The minimum Gasteiger partial charge on any atom is -0.463 e. The minimum absolute atomic E-state index is 0.164. The molecule has 120 valence electrons. The molecule has 2 N–H and O–H groups in total. The van der Waals surface area contributed by atoms with E-state index in [4.69, 9.17) is 4.74 Å². The Bertz CT molecular complexity index is 596. The topological polar surface area (TPSA) is 98.1 Å². The number of carbonyl (C=O) groups excluding carboxylic acids is 2. The first-order valence-electron chi connectivity index (χ1n) is 6.99. The molecule has 1 aromatic rings. The molecule has 1 aromatic heterocycles. The zero-order chi connectivity index (χ0) is 16.1. The van der Waals surface area contributed by atoms with Crippen molar-refractivity contribution >= 4 is 23.8 Å². The average Bonchev–Trinajstić information content (AvgIpc) is 2.94. The van der Waals surface area contributed by atoms with Gasteiger partial charge in [-0.3, -0.25) is 0 Å². The number of thioether (sulfide) groups is 1. The van der Waals surface area contributed by atoms with Gasteiger partial charge in [0.2, 0.25) is 0 Å². The lowest BCUT2D eigenvalue weighted by molar-refractivity contribution is -0.138. The molecule has 0 saturated carbocycles. The number of hydrogen-bond donors (Lipinski definition) is 2. The van der Waals surface area contributed by atoms with Crippen molar-refractivity contribution in [2.24, 2.45) is 0 Å². The first-order valence-corrected chi connectivity index (χ1v) is 7.97. The number of nitrogens with one attached hydrogen (secondary N) is 2. The van der Waals surface area contributed by atoms with Crippen molar-refractivity contribution in [3.8, 4) is 0 Å². The van der Waals surface area contributed by atoms with Crippen LogP contribution in [0.5, 0.6) is 0 Å². The maximum atomic E-state index is 11.9. The van der Waals surface area contributed by atoms with Crippen molar-refractivity contribution in [2.45, 2.75) is 32.0 Å². The highest BCUT2D eigenvalue weighted by Gasteiger charge is 2.24. The second-order valence-electron chi connectivity index (χ2n) is 4.89. The van der Waals surface area contributed by atoms with Gasteiger partial charge in [-0.1, -0.05) is 11.8 Å². The fraction of sp³-hybridized carbons (Fsp3) is 0.538. The van der Waals surface area contributed by atoms with Crippen molar-refractivity contribution in [2.75, 3.05) is 18.9 Å². The molecule has 8 nitrogen and oxygen atoms in total. The van der Waals surface area contributed by atoms with Crippen LogP contribution in [0.4, 0.5) is 4.79 Å². The fourth-order valence-electron chi connectivity index (χ4n) is 1.90. The Labute approximate surface area is 132 Å². The molecule has 0 aromatic carbocycles. The molecule has 2 amide bonds. The number of rotatable bonds is 6. The zero-order valence-electron chi connectivity index (χ0n) is 12.8. The van der Waals surface area contributed by atoms with Gasteiger partial charge in [0.05, 0.1) is 18.7 Å². The van der Waals surface area contributed by atoms with E-state index in [-0.39, 0.29) is 18.6 Å². The normalized spacial score (nSPS) is 14.8. The van der Waals surface area contributed by atoms with Gasteiger partial charge in [-0.15, -0.1) is 10.2 Å². The Morgan fingerprint density at radius 3 is 3.00 bits per heavy atom. The van der Waals surface area contributed by atoms with Crippen molar-refractivity contribution in [1.82, 2.24) is 25.4 Å². The number of carbonyl (C=O) groups is 2. The Morgan fingerprint density at radius 2 is 2.32 bits per heavy atom. The first-order chi connectivity index (χ1) is 10.5. The van der Waals surface area contributed by atoms with E-state index in [1.54, 1.807) is 13.3 Å². The van der Waals surface area contributed by atoms with Gasteiger partial charge in [0.15, 0.2) is 5.16 Å². The first kappa shape index (κ1) is 16.3. The molecule has 0 saturated heterocycles. The molecule has 0 spiro atoms. The second kappa shape index (κ2) is 7.30. The van der Waals surface area contributed by atoms with E-state index in [0.29, 0.717) is 23.6 Å².